The quantitative estimate of drug-likeness (QED) is 0.821. The van der Waals surface area contributed by atoms with E-state index in [2.05, 4.69) is 0 Å². The van der Waals surface area contributed by atoms with Crippen LogP contribution in [0.25, 0.3) is 0 Å². The van der Waals surface area contributed by atoms with Crippen LogP contribution in [0.2, 0.25) is 0 Å². The van der Waals surface area contributed by atoms with Gasteiger partial charge in [0.1, 0.15) is 0 Å². The molecule has 1 aromatic carbocycles. The fourth-order valence-corrected chi connectivity index (χ4v) is 2.13. The molecule has 0 aliphatic carbocycles. The zero-order valence-corrected chi connectivity index (χ0v) is 12.2. The first kappa shape index (κ1) is 19.1. The van der Waals surface area contributed by atoms with Gasteiger partial charge in [-0.15, -0.1) is 0 Å². The maximum atomic E-state index is 13.8. The van der Waals surface area contributed by atoms with Crippen LogP contribution in [0.1, 0.15) is 16.7 Å². The molecule has 0 radical (unpaired) electrons. The lowest BCUT2D eigenvalue weighted by Gasteiger charge is -2.31. The molecule has 0 aromatic heterocycles. The van der Waals surface area contributed by atoms with Crippen molar-refractivity contribution < 1.29 is 41.4 Å². The lowest BCUT2D eigenvalue weighted by atomic mass is 9.95. The zero-order valence-electron chi connectivity index (χ0n) is 12.2. The van der Waals surface area contributed by atoms with Crippen LogP contribution < -0.4 is 4.90 Å². The van der Waals surface area contributed by atoms with Gasteiger partial charge in [0.2, 0.25) is 0 Å². The van der Waals surface area contributed by atoms with Gasteiger partial charge in [-0.05, 0) is 37.1 Å². The lowest BCUT2D eigenvalue weighted by molar-refractivity contribution is -0.390. The molecular formula is C13H13F6NO3. The van der Waals surface area contributed by atoms with Crippen molar-refractivity contribution in [1.29, 1.82) is 0 Å². The zero-order chi connectivity index (χ0) is 18.4. The van der Waals surface area contributed by atoms with E-state index in [1.807, 2.05) is 0 Å². The van der Waals surface area contributed by atoms with E-state index in [9.17, 15) is 31.1 Å². The third-order valence-electron chi connectivity index (χ3n) is 3.27. The summed E-state index contributed by atoms with van der Waals surface area (Å²) in [5, 5.41) is 17.5. The largest absolute Gasteiger partial charge is 0.465 e. The molecule has 0 fully saturated rings. The molecule has 2 N–H and O–H groups in total. The maximum Gasteiger partial charge on any atom is 0.455 e. The van der Waals surface area contributed by atoms with E-state index in [0.717, 1.165) is 7.05 Å². The first-order chi connectivity index (χ1) is 10.1. The van der Waals surface area contributed by atoms with Gasteiger partial charge in [0.15, 0.2) is 0 Å². The van der Waals surface area contributed by atoms with Gasteiger partial charge in [-0.1, -0.05) is 0 Å². The van der Waals surface area contributed by atoms with E-state index in [-0.39, 0.29) is 16.8 Å². The second-order valence-corrected chi connectivity index (χ2v) is 4.99. The minimum atomic E-state index is -6.21. The van der Waals surface area contributed by atoms with Gasteiger partial charge in [-0.3, -0.25) is 4.90 Å². The Morgan fingerprint density at radius 1 is 1.04 bits per heavy atom. The van der Waals surface area contributed by atoms with Crippen LogP contribution in [0.15, 0.2) is 12.1 Å². The van der Waals surface area contributed by atoms with Crippen molar-refractivity contribution in [3.63, 3.8) is 0 Å². The number of amides is 1. The molecule has 0 aliphatic rings. The molecule has 1 atom stereocenters. The fraction of sp³-hybridized carbons (Fsp3) is 0.462. The van der Waals surface area contributed by atoms with Gasteiger partial charge in [0.25, 0.3) is 0 Å². The SMILES string of the molecule is Cc1cc(C(F)(F)C(O)(F)C(F)(F)F)cc(C)c1N(C)C(=O)O. The number of carbonyl (C=O) groups is 1. The van der Waals surface area contributed by atoms with Crippen molar-refractivity contribution in [2.75, 3.05) is 11.9 Å². The molecule has 10 heteroatoms. The minimum Gasteiger partial charge on any atom is -0.465 e. The average Bonchev–Trinajstić information content (AvgIpc) is 2.35. The Morgan fingerprint density at radius 3 is 1.74 bits per heavy atom. The molecule has 0 spiro atoms. The summed E-state index contributed by atoms with van der Waals surface area (Å²) in [5.74, 6) is -11.0. The molecule has 1 unspecified atom stereocenters. The predicted molar refractivity (Wildman–Crippen MR) is 68.4 cm³/mol. The molecule has 0 heterocycles. The highest BCUT2D eigenvalue weighted by molar-refractivity contribution is 5.87. The van der Waals surface area contributed by atoms with Crippen LogP contribution >= 0.6 is 0 Å². The van der Waals surface area contributed by atoms with Crippen LogP contribution in [0.5, 0.6) is 0 Å². The normalized spacial score (nSPS) is 15.2. The number of rotatable bonds is 3. The van der Waals surface area contributed by atoms with E-state index < -0.39 is 29.6 Å². The number of carboxylic acid groups (broad SMARTS) is 1. The molecule has 4 nitrogen and oxygen atoms in total. The monoisotopic (exact) mass is 345 g/mol. The van der Waals surface area contributed by atoms with E-state index in [1.54, 1.807) is 0 Å². The summed E-state index contributed by atoms with van der Waals surface area (Å²) in [6, 6.07) is 0.996. The van der Waals surface area contributed by atoms with E-state index in [0.29, 0.717) is 17.0 Å². The smallest absolute Gasteiger partial charge is 0.455 e. The molecule has 0 saturated carbocycles. The average molecular weight is 345 g/mol. The Bertz CT molecular complexity index is 604. The highest BCUT2D eigenvalue weighted by Crippen LogP contribution is 2.49. The summed E-state index contributed by atoms with van der Waals surface area (Å²) in [6.07, 6.45) is -7.64. The van der Waals surface area contributed by atoms with E-state index >= 15 is 0 Å². The number of aryl methyl sites for hydroxylation is 2. The maximum absolute atomic E-state index is 13.8. The Hall–Kier alpha value is -1.97. The van der Waals surface area contributed by atoms with Crippen molar-refractivity contribution in [3.8, 4) is 0 Å². The van der Waals surface area contributed by atoms with Gasteiger partial charge < -0.3 is 10.2 Å². The Kier molecular flexibility index (Phi) is 4.63. The molecule has 0 bridgehead atoms. The third-order valence-corrected chi connectivity index (χ3v) is 3.27. The summed E-state index contributed by atoms with van der Waals surface area (Å²) in [7, 11) is 1.11. The summed E-state index contributed by atoms with van der Waals surface area (Å²) in [4.78, 5) is 11.6. The van der Waals surface area contributed by atoms with Crippen LogP contribution in [-0.2, 0) is 5.92 Å². The third kappa shape index (κ3) is 3.07. The molecule has 130 valence electrons. The molecule has 1 aromatic rings. The molecule has 1 amide bonds. The van der Waals surface area contributed by atoms with Gasteiger partial charge in [0.05, 0.1) is 5.69 Å². The predicted octanol–water partition coefficient (Wildman–Crippen LogP) is 3.73. The van der Waals surface area contributed by atoms with E-state index in [1.165, 1.54) is 13.8 Å². The number of benzene rings is 1. The van der Waals surface area contributed by atoms with Gasteiger partial charge in [-0.2, -0.15) is 26.3 Å². The molecule has 0 aliphatic heterocycles. The molecule has 0 saturated heterocycles. The summed E-state index contributed by atoms with van der Waals surface area (Å²) >= 11 is 0. The van der Waals surface area contributed by atoms with Gasteiger partial charge >= 0.3 is 24.0 Å². The lowest BCUT2D eigenvalue weighted by Crippen LogP contribution is -2.53. The second-order valence-electron chi connectivity index (χ2n) is 4.99. The number of anilines is 1. The molecule has 23 heavy (non-hydrogen) atoms. The summed E-state index contributed by atoms with van der Waals surface area (Å²) in [6.45, 7) is 2.35. The number of alkyl halides is 6. The molecular weight excluding hydrogens is 332 g/mol. The fourth-order valence-electron chi connectivity index (χ4n) is 2.13. The van der Waals surface area contributed by atoms with Gasteiger partial charge in [-0.25, -0.2) is 4.79 Å². The Morgan fingerprint density at radius 2 is 1.43 bits per heavy atom. The highest BCUT2D eigenvalue weighted by atomic mass is 19.4. The van der Waals surface area contributed by atoms with Crippen LogP contribution in [0.4, 0.5) is 36.8 Å². The van der Waals surface area contributed by atoms with Crippen LogP contribution in [-0.4, -0.2) is 35.4 Å². The topological polar surface area (TPSA) is 60.8 Å². The van der Waals surface area contributed by atoms with Crippen LogP contribution in [0.3, 0.4) is 0 Å². The van der Waals surface area contributed by atoms with Crippen molar-refractivity contribution in [2.45, 2.75) is 31.8 Å². The van der Waals surface area contributed by atoms with Crippen molar-refractivity contribution in [3.05, 3.63) is 28.8 Å². The standard InChI is InChI=1S/C13H13F6NO3/c1-6-4-8(5-7(2)9(6)20(3)10(21)22)11(14,15)12(16,23)13(17,18)19/h4-5,23H,1-3H3,(H,21,22). The highest BCUT2D eigenvalue weighted by Gasteiger charge is 2.71. The van der Waals surface area contributed by atoms with Crippen molar-refractivity contribution in [2.24, 2.45) is 0 Å². The Labute approximate surface area is 126 Å². The minimum absolute atomic E-state index is 0.0357. The number of hydrogen-bond acceptors (Lipinski definition) is 2. The van der Waals surface area contributed by atoms with Crippen molar-refractivity contribution >= 4 is 11.8 Å². The van der Waals surface area contributed by atoms with E-state index in [4.69, 9.17) is 10.2 Å². The first-order valence-corrected chi connectivity index (χ1v) is 6.08. The number of aliphatic hydroxyl groups is 1. The number of halogens is 6. The first-order valence-electron chi connectivity index (χ1n) is 6.08. The van der Waals surface area contributed by atoms with Crippen molar-refractivity contribution in [1.82, 2.24) is 0 Å². The second kappa shape index (κ2) is 5.59. The summed E-state index contributed by atoms with van der Waals surface area (Å²) < 4.78 is 77.9. The summed E-state index contributed by atoms with van der Waals surface area (Å²) in [5.41, 5.74) is -1.70. The van der Waals surface area contributed by atoms with Gasteiger partial charge in [0, 0.05) is 12.6 Å². The molecule has 1 rings (SSSR count). The Balaban J connectivity index is 3.50. The number of hydrogen-bond donors (Lipinski definition) is 2. The van der Waals surface area contributed by atoms with Crippen LogP contribution in [0, 0.1) is 13.8 Å². The number of nitrogens with zero attached hydrogens (tertiary/aromatic N) is 1.